The molecule has 27 heavy (non-hydrogen) atoms. The highest BCUT2D eigenvalue weighted by atomic mass is 19.2. The second-order valence-corrected chi connectivity index (χ2v) is 4.48. The molecule has 0 amide bonds. The van der Waals surface area contributed by atoms with Gasteiger partial charge in [0.15, 0.2) is 23.3 Å². The van der Waals surface area contributed by atoms with Crippen LogP contribution in [-0.4, -0.2) is 27.1 Å². The SMILES string of the molecule is O=C(O)c1cc([N+](=O)[O-])c(F)c(F)c1F.O=C(O)c1ccc(F)c(F)c1F. The standard InChI is InChI=1S/C7H2F3NO4.C7H3F3O2/c8-4-2(7(12)13)1-3(11(14)15)5(9)6(4)10;8-4-2-1-3(7(11)12)5(9)6(4)10/h1H,(H,12,13);1-2H,(H,11,12). The van der Waals surface area contributed by atoms with Gasteiger partial charge in [-0.3, -0.25) is 10.1 Å². The van der Waals surface area contributed by atoms with Crippen molar-refractivity contribution in [2.45, 2.75) is 0 Å². The number of aromatic carboxylic acids is 2. The molecule has 0 aromatic heterocycles. The third-order valence-corrected chi connectivity index (χ3v) is 2.82. The van der Waals surface area contributed by atoms with Crippen LogP contribution < -0.4 is 0 Å². The summed E-state index contributed by atoms with van der Waals surface area (Å²) in [6.07, 6.45) is 0. The van der Waals surface area contributed by atoms with E-state index < -0.39 is 68.6 Å². The van der Waals surface area contributed by atoms with E-state index in [1.807, 2.05) is 0 Å². The van der Waals surface area contributed by atoms with E-state index in [9.17, 15) is 46.0 Å². The molecule has 0 radical (unpaired) electrons. The first-order chi connectivity index (χ1) is 12.4. The lowest BCUT2D eigenvalue weighted by atomic mass is 10.1. The molecular formula is C14H5F6NO6. The van der Waals surface area contributed by atoms with E-state index >= 15 is 0 Å². The smallest absolute Gasteiger partial charge is 0.339 e. The van der Waals surface area contributed by atoms with Crippen LogP contribution in [0.25, 0.3) is 0 Å². The van der Waals surface area contributed by atoms with Gasteiger partial charge in [-0.25, -0.2) is 31.5 Å². The fourth-order valence-corrected chi connectivity index (χ4v) is 1.57. The van der Waals surface area contributed by atoms with Crippen LogP contribution in [0.4, 0.5) is 32.0 Å². The highest BCUT2D eigenvalue weighted by molar-refractivity contribution is 5.89. The topological polar surface area (TPSA) is 118 Å². The van der Waals surface area contributed by atoms with E-state index in [4.69, 9.17) is 10.2 Å². The Morgan fingerprint density at radius 1 is 0.778 bits per heavy atom. The number of rotatable bonds is 3. The summed E-state index contributed by atoms with van der Waals surface area (Å²) in [5.74, 6) is -14.6. The minimum atomic E-state index is -2.18. The summed E-state index contributed by atoms with van der Waals surface area (Å²) in [7, 11) is 0. The zero-order valence-corrected chi connectivity index (χ0v) is 12.5. The van der Waals surface area contributed by atoms with Crippen LogP contribution >= 0.6 is 0 Å². The average Bonchev–Trinajstić information content (AvgIpc) is 2.57. The zero-order valence-electron chi connectivity index (χ0n) is 12.5. The molecule has 0 aliphatic heterocycles. The Labute approximate surface area is 144 Å². The van der Waals surface area contributed by atoms with Gasteiger partial charge in [0.1, 0.15) is 5.56 Å². The molecule has 0 aliphatic carbocycles. The quantitative estimate of drug-likeness (QED) is 0.354. The van der Waals surface area contributed by atoms with Crippen LogP contribution in [0, 0.1) is 45.0 Å². The predicted octanol–water partition coefficient (Wildman–Crippen LogP) is 3.51. The first-order valence-electron chi connectivity index (χ1n) is 6.32. The number of benzene rings is 2. The number of nitrogens with zero attached hydrogens (tertiary/aromatic N) is 1. The van der Waals surface area contributed by atoms with Crippen LogP contribution in [0.1, 0.15) is 20.7 Å². The monoisotopic (exact) mass is 397 g/mol. The summed E-state index contributed by atoms with van der Waals surface area (Å²) in [4.78, 5) is 29.3. The normalized spacial score (nSPS) is 10.0. The van der Waals surface area contributed by atoms with Crippen LogP contribution in [0.2, 0.25) is 0 Å². The van der Waals surface area contributed by atoms with Gasteiger partial charge in [0.05, 0.1) is 10.5 Å². The lowest BCUT2D eigenvalue weighted by Gasteiger charge is -2.00. The lowest BCUT2D eigenvalue weighted by Crippen LogP contribution is -2.07. The lowest BCUT2D eigenvalue weighted by molar-refractivity contribution is -0.387. The molecule has 0 bridgehead atoms. The fraction of sp³-hybridized carbons (Fsp3) is 0. The van der Waals surface area contributed by atoms with E-state index in [0.717, 1.165) is 0 Å². The van der Waals surface area contributed by atoms with Crippen molar-refractivity contribution in [3.8, 4) is 0 Å². The van der Waals surface area contributed by atoms with Gasteiger partial charge in [-0.05, 0) is 12.1 Å². The first kappa shape index (κ1) is 21.4. The van der Waals surface area contributed by atoms with E-state index in [1.54, 1.807) is 0 Å². The molecule has 0 spiro atoms. The van der Waals surface area contributed by atoms with Crippen molar-refractivity contribution in [3.05, 3.63) is 74.3 Å². The summed E-state index contributed by atoms with van der Waals surface area (Å²) in [5.41, 5.74) is -3.60. The molecule has 2 rings (SSSR count). The Balaban J connectivity index is 0.000000277. The Hall–Kier alpha value is -3.64. The number of nitro groups is 1. The molecule has 13 heteroatoms. The molecule has 0 unspecified atom stereocenters. The number of halogens is 6. The summed E-state index contributed by atoms with van der Waals surface area (Å²) in [6, 6.07) is 1.34. The minimum absolute atomic E-state index is 0.121. The van der Waals surface area contributed by atoms with Gasteiger partial charge in [0, 0.05) is 6.07 Å². The van der Waals surface area contributed by atoms with E-state index in [2.05, 4.69) is 0 Å². The van der Waals surface area contributed by atoms with Gasteiger partial charge in [-0.2, -0.15) is 4.39 Å². The molecule has 2 N–H and O–H groups in total. The van der Waals surface area contributed by atoms with Gasteiger partial charge in [-0.15, -0.1) is 0 Å². The van der Waals surface area contributed by atoms with Crippen molar-refractivity contribution in [1.82, 2.24) is 0 Å². The maximum absolute atomic E-state index is 12.7. The van der Waals surface area contributed by atoms with Crippen LogP contribution in [0.15, 0.2) is 18.2 Å². The Bertz CT molecular complexity index is 910. The van der Waals surface area contributed by atoms with Gasteiger partial charge in [0.25, 0.3) is 0 Å². The molecule has 0 saturated heterocycles. The van der Waals surface area contributed by atoms with E-state index in [1.165, 1.54) is 0 Å². The second-order valence-electron chi connectivity index (χ2n) is 4.48. The highest BCUT2D eigenvalue weighted by Gasteiger charge is 2.28. The summed E-state index contributed by atoms with van der Waals surface area (Å²) in [5, 5.41) is 26.7. The largest absolute Gasteiger partial charge is 0.478 e. The highest BCUT2D eigenvalue weighted by Crippen LogP contribution is 2.25. The third kappa shape index (κ3) is 4.50. The molecular weight excluding hydrogens is 392 g/mol. The molecule has 0 fully saturated rings. The maximum Gasteiger partial charge on any atom is 0.339 e. The number of carbonyl (C=O) groups is 2. The molecule has 2 aromatic rings. The second kappa shape index (κ2) is 8.16. The van der Waals surface area contributed by atoms with Crippen LogP contribution in [-0.2, 0) is 0 Å². The fourth-order valence-electron chi connectivity index (χ4n) is 1.57. The average molecular weight is 397 g/mol. The van der Waals surface area contributed by atoms with Gasteiger partial charge in [0.2, 0.25) is 11.6 Å². The van der Waals surface area contributed by atoms with Crippen molar-refractivity contribution in [2.24, 2.45) is 0 Å². The van der Waals surface area contributed by atoms with Crippen LogP contribution in [0.5, 0.6) is 0 Å². The Kier molecular flexibility index (Phi) is 6.47. The molecule has 2 aromatic carbocycles. The van der Waals surface area contributed by atoms with Crippen LogP contribution in [0.3, 0.4) is 0 Å². The molecule has 144 valence electrons. The van der Waals surface area contributed by atoms with E-state index in [0.29, 0.717) is 12.1 Å². The number of hydrogen-bond donors (Lipinski definition) is 2. The van der Waals surface area contributed by atoms with Crippen molar-refractivity contribution >= 4 is 17.6 Å². The molecule has 0 atom stereocenters. The number of carboxylic acids is 2. The molecule has 7 nitrogen and oxygen atoms in total. The van der Waals surface area contributed by atoms with Crippen molar-refractivity contribution in [1.29, 1.82) is 0 Å². The van der Waals surface area contributed by atoms with Gasteiger partial charge in [-0.1, -0.05) is 0 Å². The Morgan fingerprint density at radius 3 is 1.70 bits per heavy atom. The summed E-state index contributed by atoms with van der Waals surface area (Å²) >= 11 is 0. The first-order valence-corrected chi connectivity index (χ1v) is 6.32. The minimum Gasteiger partial charge on any atom is -0.478 e. The summed E-state index contributed by atoms with van der Waals surface area (Å²) < 4.78 is 75.2. The summed E-state index contributed by atoms with van der Waals surface area (Å²) in [6.45, 7) is 0. The zero-order chi connectivity index (χ0) is 21.0. The molecule has 0 heterocycles. The van der Waals surface area contributed by atoms with E-state index in [-0.39, 0.29) is 6.07 Å². The van der Waals surface area contributed by atoms with Crippen molar-refractivity contribution in [2.75, 3.05) is 0 Å². The number of carboxylic acid groups (broad SMARTS) is 2. The number of hydrogen-bond acceptors (Lipinski definition) is 4. The number of nitro benzene ring substituents is 1. The van der Waals surface area contributed by atoms with Crippen molar-refractivity contribution in [3.63, 3.8) is 0 Å². The maximum atomic E-state index is 12.7. The van der Waals surface area contributed by atoms with Gasteiger partial charge < -0.3 is 10.2 Å². The third-order valence-electron chi connectivity index (χ3n) is 2.82. The molecule has 0 saturated carbocycles. The predicted molar refractivity (Wildman–Crippen MR) is 73.2 cm³/mol. The molecule has 0 aliphatic rings. The van der Waals surface area contributed by atoms with Gasteiger partial charge >= 0.3 is 17.6 Å². The Morgan fingerprint density at radius 2 is 1.26 bits per heavy atom. The van der Waals surface area contributed by atoms with Crippen molar-refractivity contribution < 1.29 is 51.1 Å².